The maximum atomic E-state index is 12.4. The van der Waals surface area contributed by atoms with Crippen molar-refractivity contribution in [1.29, 1.82) is 0 Å². The summed E-state index contributed by atoms with van der Waals surface area (Å²) < 4.78 is 68.3. The molecule has 0 fully saturated rings. The molecule has 0 bridgehead atoms. The van der Waals surface area contributed by atoms with Crippen molar-refractivity contribution in [3.05, 3.63) is 0 Å². The number of alkyl halides is 3. The van der Waals surface area contributed by atoms with Crippen LogP contribution in [0.25, 0.3) is 0 Å². The highest BCUT2D eigenvalue weighted by atomic mass is 32.2. The van der Waals surface area contributed by atoms with Gasteiger partial charge in [-0.3, -0.25) is 8.98 Å². The van der Waals surface area contributed by atoms with Gasteiger partial charge in [-0.25, -0.2) is 0 Å². The van der Waals surface area contributed by atoms with Gasteiger partial charge < -0.3 is 4.74 Å². The summed E-state index contributed by atoms with van der Waals surface area (Å²) in [5, 5.41) is 0. The van der Waals surface area contributed by atoms with Crippen molar-refractivity contribution in [2.45, 2.75) is 39.0 Å². The molecule has 0 spiro atoms. The van der Waals surface area contributed by atoms with Crippen molar-refractivity contribution < 1.29 is 35.3 Å². The number of hydrogen-bond donors (Lipinski definition) is 0. The molecule has 0 rings (SSSR count). The zero-order valence-electron chi connectivity index (χ0n) is 10.9. The summed E-state index contributed by atoms with van der Waals surface area (Å²) in [5.41, 5.74) is 0. The number of halogens is 3. The molecule has 0 aromatic rings. The van der Waals surface area contributed by atoms with Crippen LogP contribution < -0.4 is 0 Å². The molecule has 0 radical (unpaired) electrons. The maximum absolute atomic E-state index is 12.4. The predicted octanol–water partition coefficient (Wildman–Crippen LogP) is 1.87. The molecule has 0 amide bonds. The van der Waals surface area contributed by atoms with Gasteiger partial charge in [-0.1, -0.05) is 6.92 Å². The molecule has 0 aliphatic heterocycles. The van der Waals surface area contributed by atoms with Gasteiger partial charge in [-0.2, -0.15) is 21.6 Å². The summed E-state index contributed by atoms with van der Waals surface area (Å²) >= 11 is 0. The average Bonchev–Trinajstić information content (AvgIpc) is 2.20. The quantitative estimate of drug-likeness (QED) is 0.530. The Morgan fingerprint density at radius 2 is 1.79 bits per heavy atom. The Labute approximate surface area is 110 Å². The second kappa shape index (κ2) is 7.09. The predicted molar refractivity (Wildman–Crippen MR) is 60.8 cm³/mol. The van der Waals surface area contributed by atoms with Crippen LogP contribution >= 0.6 is 0 Å². The Morgan fingerprint density at radius 3 is 2.11 bits per heavy atom. The van der Waals surface area contributed by atoms with E-state index in [-0.39, 0.29) is 13.0 Å². The summed E-state index contributed by atoms with van der Waals surface area (Å²) in [6.07, 6.45) is -6.85. The van der Waals surface area contributed by atoms with E-state index in [0.29, 0.717) is 6.26 Å². The van der Waals surface area contributed by atoms with Crippen molar-refractivity contribution in [1.82, 2.24) is 0 Å². The Balaban J connectivity index is 5.12. The topological polar surface area (TPSA) is 69.7 Å². The number of esters is 1. The lowest BCUT2D eigenvalue weighted by atomic mass is 9.96. The van der Waals surface area contributed by atoms with Crippen molar-refractivity contribution in [2.24, 2.45) is 5.92 Å². The van der Waals surface area contributed by atoms with Gasteiger partial charge in [-0.05, 0) is 13.3 Å². The van der Waals surface area contributed by atoms with Gasteiger partial charge in [0, 0.05) is 0 Å². The molecule has 0 aromatic carbocycles. The summed E-state index contributed by atoms with van der Waals surface area (Å²) in [4.78, 5) is 11.5. The van der Waals surface area contributed by atoms with E-state index < -0.39 is 40.7 Å². The van der Waals surface area contributed by atoms with Crippen LogP contribution in [-0.2, 0) is 23.8 Å². The van der Waals surface area contributed by atoms with E-state index in [9.17, 15) is 26.4 Å². The molecule has 0 aliphatic rings. The van der Waals surface area contributed by atoms with E-state index in [1.807, 2.05) is 0 Å². The van der Waals surface area contributed by atoms with Gasteiger partial charge >= 0.3 is 12.1 Å². The smallest absolute Gasteiger partial charge is 0.390 e. The fourth-order valence-electron chi connectivity index (χ4n) is 1.51. The lowest BCUT2D eigenvalue weighted by Crippen LogP contribution is -2.36. The van der Waals surface area contributed by atoms with Crippen molar-refractivity contribution in [3.8, 4) is 0 Å². The third kappa shape index (κ3) is 8.04. The Bertz CT molecular complexity index is 390. The first-order valence-electron chi connectivity index (χ1n) is 5.61. The van der Waals surface area contributed by atoms with Gasteiger partial charge in [0.25, 0.3) is 10.1 Å². The van der Waals surface area contributed by atoms with Crippen LogP contribution in [0.1, 0.15) is 26.7 Å². The van der Waals surface area contributed by atoms with Gasteiger partial charge in [-0.15, -0.1) is 0 Å². The molecule has 5 nitrogen and oxygen atoms in total. The van der Waals surface area contributed by atoms with Gasteiger partial charge in [0.1, 0.15) is 0 Å². The third-order valence-electron chi connectivity index (χ3n) is 2.19. The number of carbonyl (C=O) groups is 1. The minimum absolute atomic E-state index is 0.0629. The van der Waals surface area contributed by atoms with Crippen LogP contribution in [0.4, 0.5) is 13.2 Å². The van der Waals surface area contributed by atoms with E-state index in [1.54, 1.807) is 0 Å². The SMILES string of the molecule is CCOC(=O)C(CC(F)(F)F)C(CC)OS(C)(=O)=O. The average molecular weight is 306 g/mol. The summed E-state index contributed by atoms with van der Waals surface area (Å²) in [6, 6.07) is 0. The molecule has 19 heavy (non-hydrogen) atoms. The molecule has 9 heteroatoms. The first-order valence-corrected chi connectivity index (χ1v) is 7.43. The van der Waals surface area contributed by atoms with E-state index >= 15 is 0 Å². The minimum atomic E-state index is -4.62. The Hall–Kier alpha value is -0.830. The molecule has 0 aliphatic carbocycles. The van der Waals surface area contributed by atoms with Crippen LogP contribution in [0.5, 0.6) is 0 Å². The van der Waals surface area contributed by atoms with Crippen LogP contribution in [0.3, 0.4) is 0 Å². The lowest BCUT2D eigenvalue weighted by Gasteiger charge is -2.24. The highest BCUT2D eigenvalue weighted by molar-refractivity contribution is 7.86. The van der Waals surface area contributed by atoms with Crippen LogP contribution in [0.15, 0.2) is 0 Å². The first-order chi connectivity index (χ1) is 8.50. The molecule has 0 heterocycles. The zero-order chi connectivity index (χ0) is 15.3. The molecule has 0 saturated carbocycles. The second-order valence-corrected chi connectivity index (χ2v) is 5.53. The minimum Gasteiger partial charge on any atom is -0.466 e. The second-order valence-electron chi connectivity index (χ2n) is 3.92. The Kier molecular flexibility index (Phi) is 6.78. The third-order valence-corrected chi connectivity index (χ3v) is 2.79. The van der Waals surface area contributed by atoms with Crippen molar-refractivity contribution >= 4 is 16.1 Å². The molecule has 0 N–H and O–H groups in total. The standard InChI is InChI=1S/C10H17F3O5S/c1-4-8(18-19(3,15)16)7(6-10(11,12)13)9(14)17-5-2/h7-8H,4-6H2,1-3H3. The van der Waals surface area contributed by atoms with Crippen LogP contribution in [0.2, 0.25) is 0 Å². The monoisotopic (exact) mass is 306 g/mol. The van der Waals surface area contributed by atoms with Gasteiger partial charge in [0.15, 0.2) is 0 Å². The maximum Gasteiger partial charge on any atom is 0.390 e. The first kappa shape index (κ1) is 18.2. The number of rotatable bonds is 7. The molecule has 0 aromatic heterocycles. The van der Waals surface area contributed by atoms with Crippen LogP contribution in [0, 0.1) is 5.92 Å². The molecular formula is C10H17F3O5S. The molecule has 2 atom stereocenters. The van der Waals surface area contributed by atoms with E-state index in [0.717, 1.165) is 0 Å². The fraction of sp³-hybridized carbons (Fsp3) is 0.900. The number of carbonyl (C=O) groups excluding carboxylic acids is 1. The highest BCUT2D eigenvalue weighted by Gasteiger charge is 2.41. The number of hydrogen-bond acceptors (Lipinski definition) is 5. The fourth-order valence-corrected chi connectivity index (χ4v) is 2.23. The molecule has 114 valence electrons. The summed E-state index contributed by atoms with van der Waals surface area (Å²) in [5.74, 6) is -2.81. The lowest BCUT2D eigenvalue weighted by molar-refractivity contribution is -0.174. The number of ether oxygens (including phenoxy) is 1. The van der Waals surface area contributed by atoms with Crippen LogP contribution in [-0.4, -0.2) is 39.5 Å². The molecule has 0 saturated heterocycles. The summed E-state index contributed by atoms with van der Waals surface area (Å²) in [6.45, 7) is 2.78. The highest BCUT2D eigenvalue weighted by Crippen LogP contribution is 2.30. The zero-order valence-corrected chi connectivity index (χ0v) is 11.7. The summed E-state index contributed by atoms with van der Waals surface area (Å²) in [7, 11) is -3.96. The molecular weight excluding hydrogens is 289 g/mol. The Morgan fingerprint density at radius 1 is 1.26 bits per heavy atom. The van der Waals surface area contributed by atoms with Gasteiger partial charge in [0.05, 0.1) is 31.3 Å². The normalized spacial score (nSPS) is 15.9. The molecule has 2 unspecified atom stereocenters. The van der Waals surface area contributed by atoms with Crippen molar-refractivity contribution in [2.75, 3.05) is 12.9 Å². The van der Waals surface area contributed by atoms with E-state index in [2.05, 4.69) is 8.92 Å². The van der Waals surface area contributed by atoms with E-state index in [4.69, 9.17) is 0 Å². The largest absolute Gasteiger partial charge is 0.466 e. The van der Waals surface area contributed by atoms with Gasteiger partial charge in [0.2, 0.25) is 0 Å². The van der Waals surface area contributed by atoms with Crippen molar-refractivity contribution in [3.63, 3.8) is 0 Å². The van der Waals surface area contributed by atoms with E-state index in [1.165, 1.54) is 13.8 Å².